The fourth-order valence-electron chi connectivity index (χ4n) is 2.30. The van der Waals surface area contributed by atoms with Crippen molar-refractivity contribution in [2.24, 2.45) is 0 Å². The molecule has 0 radical (unpaired) electrons. The molecular weight excluding hydrogens is 290 g/mol. The predicted molar refractivity (Wildman–Crippen MR) is 95.1 cm³/mol. The molecule has 0 fully saturated rings. The first kappa shape index (κ1) is 16.6. The highest BCUT2D eigenvalue weighted by Gasteiger charge is 2.08. The fourth-order valence-corrected chi connectivity index (χ4v) is 3.06. The highest BCUT2D eigenvalue weighted by atomic mass is 32.2. The zero-order chi connectivity index (χ0) is 15.6. The Kier molecular flexibility index (Phi) is 7.04. The first-order valence-corrected chi connectivity index (χ1v) is 8.87. The second kappa shape index (κ2) is 9.31. The monoisotopic (exact) mass is 313 g/mol. The summed E-state index contributed by atoms with van der Waals surface area (Å²) in [5.74, 6) is 1.66. The fraction of sp³-hybridized carbons (Fsp3) is 0.316. The van der Waals surface area contributed by atoms with E-state index in [0.717, 1.165) is 24.2 Å². The third-order valence-corrected chi connectivity index (χ3v) is 4.55. The van der Waals surface area contributed by atoms with E-state index in [-0.39, 0.29) is 11.9 Å². The lowest BCUT2D eigenvalue weighted by molar-refractivity contribution is -0.119. The molecule has 0 aliphatic carbocycles. The summed E-state index contributed by atoms with van der Waals surface area (Å²) in [6, 6.07) is 20.6. The standard InChI is InChI=1S/C19H23NOS/c1-16(18-12-6-3-7-13-18)20-19(21)15-22-14-8-11-17-9-4-2-5-10-17/h2-7,9-10,12-13,16H,8,11,14-15H2,1H3,(H,20,21). The van der Waals surface area contributed by atoms with Gasteiger partial charge in [-0.3, -0.25) is 4.79 Å². The molecule has 22 heavy (non-hydrogen) atoms. The number of benzene rings is 2. The predicted octanol–water partition coefficient (Wildman–Crippen LogP) is 4.23. The van der Waals surface area contributed by atoms with Gasteiger partial charge in [0.25, 0.3) is 0 Å². The third kappa shape index (κ3) is 5.94. The topological polar surface area (TPSA) is 29.1 Å². The van der Waals surface area contributed by atoms with Crippen molar-refractivity contribution in [2.75, 3.05) is 11.5 Å². The molecule has 1 amide bonds. The Bertz CT molecular complexity index is 556. The van der Waals surface area contributed by atoms with Crippen LogP contribution >= 0.6 is 11.8 Å². The maximum Gasteiger partial charge on any atom is 0.230 e. The zero-order valence-corrected chi connectivity index (χ0v) is 13.8. The van der Waals surface area contributed by atoms with Crippen molar-refractivity contribution >= 4 is 17.7 Å². The molecule has 0 aliphatic heterocycles. The first-order valence-electron chi connectivity index (χ1n) is 7.71. The molecule has 0 saturated carbocycles. The smallest absolute Gasteiger partial charge is 0.230 e. The highest BCUT2D eigenvalue weighted by Crippen LogP contribution is 2.12. The summed E-state index contributed by atoms with van der Waals surface area (Å²) in [7, 11) is 0. The summed E-state index contributed by atoms with van der Waals surface area (Å²) in [4.78, 5) is 11.9. The molecule has 0 bridgehead atoms. The number of hydrogen-bond acceptors (Lipinski definition) is 2. The van der Waals surface area contributed by atoms with Gasteiger partial charge in [0.1, 0.15) is 0 Å². The van der Waals surface area contributed by atoms with Crippen LogP contribution in [0.2, 0.25) is 0 Å². The molecule has 0 heterocycles. The van der Waals surface area contributed by atoms with E-state index in [9.17, 15) is 4.79 Å². The largest absolute Gasteiger partial charge is 0.349 e. The van der Waals surface area contributed by atoms with Crippen LogP contribution in [0, 0.1) is 0 Å². The van der Waals surface area contributed by atoms with Gasteiger partial charge in [0.05, 0.1) is 11.8 Å². The second-order valence-electron chi connectivity index (χ2n) is 5.34. The van der Waals surface area contributed by atoms with Crippen molar-refractivity contribution in [3.05, 3.63) is 71.8 Å². The van der Waals surface area contributed by atoms with Crippen LogP contribution in [0.25, 0.3) is 0 Å². The Hall–Kier alpha value is -1.74. The zero-order valence-electron chi connectivity index (χ0n) is 13.0. The SMILES string of the molecule is CC(NC(=O)CSCCCc1ccccc1)c1ccccc1. The number of thioether (sulfide) groups is 1. The molecule has 0 spiro atoms. The number of aryl methyl sites for hydroxylation is 1. The third-order valence-electron chi connectivity index (χ3n) is 3.51. The molecular formula is C19H23NOS. The Morgan fingerprint density at radius 3 is 2.36 bits per heavy atom. The quantitative estimate of drug-likeness (QED) is 0.739. The van der Waals surface area contributed by atoms with Crippen molar-refractivity contribution in [3.63, 3.8) is 0 Å². The summed E-state index contributed by atoms with van der Waals surface area (Å²) in [6.07, 6.45) is 2.19. The van der Waals surface area contributed by atoms with Crippen LogP contribution in [0.15, 0.2) is 60.7 Å². The van der Waals surface area contributed by atoms with Gasteiger partial charge in [-0.15, -0.1) is 0 Å². The van der Waals surface area contributed by atoms with E-state index in [4.69, 9.17) is 0 Å². The van der Waals surface area contributed by atoms with Gasteiger partial charge >= 0.3 is 0 Å². The van der Waals surface area contributed by atoms with Crippen LogP contribution in [0.4, 0.5) is 0 Å². The summed E-state index contributed by atoms with van der Waals surface area (Å²) in [6.45, 7) is 2.02. The molecule has 2 rings (SSSR count). The van der Waals surface area contributed by atoms with Crippen molar-refractivity contribution < 1.29 is 4.79 Å². The molecule has 0 aromatic heterocycles. The molecule has 116 valence electrons. The average Bonchev–Trinajstić information content (AvgIpc) is 2.56. The van der Waals surface area contributed by atoms with E-state index >= 15 is 0 Å². The lowest BCUT2D eigenvalue weighted by Crippen LogP contribution is -2.28. The Balaban J connectivity index is 1.60. The van der Waals surface area contributed by atoms with Crippen LogP contribution in [0.3, 0.4) is 0 Å². The average molecular weight is 313 g/mol. The molecule has 2 aromatic rings. The van der Waals surface area contributed by atoms with Gasteiger partial charge in [0.15, 0.2) is 0 Å². The van der Waals surface area contributed by atoms with E-state index < -0.39 is 0 Å². The Morgan fingerprint density at radius 2 is 1.68 bits per heavy atom. The van der Waals surface area contributed by atoms with Crippen molar-refractivity contribution in [3.8, 4) is 0 Å². The Labute approximate surface area is 137 Å². The van der Waals surface area contributed by atoms with Gasteiger partial charge in [-0.1, -0.05) is 60.7 Å². The van der Waals surface area contributed by atoms with E-state index in [0.29, 0.717) is 5.75 Å². The van der Waals surface area contributed by atoms with Crippen LogP contribution in [0.1, 0.15) is 30.5 Å². The van der Waals surface area contributed by atoms with Gasteiger partial charge in [-0.2, -0.15) is 11.8 Å². The van der Waals surface area contributed by atoms with Crippen molar-refractivity contribution in [1.29, 1.82) is 0 Å². The maximum atomic E-state index is 11.9. The molecule has 3 heteroatoms. The summed E-state index contributed by atoms with van der Waals surface area (Å²) in [5, 5.41) is 3.04. The van der Waals surface area contributed by atoms with Crippen LogP contribution in [-0.4, -0.2) is 17.4 Å². The molecule has 2 aromatic carbocycles. The second-order valence-corrected chi connectivity index (χ2v) is 6.45. The van der Waals surface area contributed by atoms with E-state index in [1.807, 2.05) is 43.3 Å². The lowest BCUT2D eigenvalue weighted by Gasteiger charge is -2.14. The minimum atomic E-state index is 0.0682. The normalized spacial score (nSPS) is 11.9. The molecule has 1 unspecified atom stereocenters. The van der Waals surface area contributed by atoms with E-state index in [1.54, 1.807) is 11.8 Å². The van der Waals surface area contributed by atoms with Crippen LogP contribution in [-0.2, 0) is 11.2 Å². The molecule has 0 saturated heterocycles. The van der Waals surface area contributed by atoms with Gasteiger partial charge in [0.2, 0.25) is 5.91 Å². The summed E-state index contributed by atoms with van der Waals surface area (Å²) >= 11 is 1.71. The number of amides is 1. The van der Waals surface area contributed by atoms with Gasteiger partial charge in [-0.05, 0) is 36.6 Å². The number of nitrogens with one attached hydrogen (secondary N) is 1. The van der Waals surface area contributed by atoms with E-state index in [1.165, 1.54) is 5.56 Å². The van der Waals surface area contributed by atoms with Crippen LogP contribution < -0.4 is 5.32 Å². The summed E-state index contributed by atoms with van der Waals surface area (Å²) in [5.41, 5.74) is 2.51. The highest BCUT2D eigenvalue weighted by molar-refractivity contribution is 7.99. The maximum absolute atomic E-state index is 11.9. The number of carbonyl (C=O) groups is 1. The number of hydrogen-bond donors (Lipinski definition) is 1. The van der Waals surface area contributed by atoms with Gasteiger partial charge < -0.3 is 5.32 Å². The lowest BCUT2D eigenvalue weighted by atomic mass is 10.1. The molecule has 0 aliphatic rings. The van der Waals surface area contributed by atoms with Crippen molar-refractivity contribution in [2.45, 2.75) is 25.8 Å². The number of rotatable bonds is 8. The molecule has 2 nitrogen and oxygen atoms in total. The van der Waals surface area contributed by atoms with Crippen LogP contribution in [0.5, 0.6) is 0 Å². The molecule has 1 atom stereocenters. The minimum Gasteiger partial charge on any atom is -0.349 e. The first-order chi connectivity index (χ1) is 10.8. The minimum absolute atomic E-state index is 0.0682. The van der Waals surface area contributed by atoms with Gasteiger partial charge in [-0.25, -0.2) is 0 Å². The van der Waals surface area contributed by atoms with E-state index in [2.05, 4.69) is 29.6 Å². The molecule has 1 N–H and O–H groups in total. The number of carbonyl (C=O) groups excluding carboxylic acids is 1. The van der Waals surface area contributed by atoms with Gasteiger partial charge in [0, 0.05) is 0 Å². The van der Waals surface area contributed by atoms with Crippen molar-refractivity contribution in [1.82, 2.24) is 5.32 Å². The Morgan fingerprint density at radius 1 is 1.05 bits per heavy atom. The summed E-state index contributed by atoms with van der Waals surface area (Å²) < 4.78 is 0.